The van der Waals surface area contributed by atoms with Crippen molar-refractivity contribution in [2.75, 3.05) is 0 Å². The highest BCUT2D eigenvalue weighted by atomic mass is 16.6. The van der Waals surface area contributed by atoms with E-state index in [1.807, 2.05) is 12.1 Å². The molecule has 2 N–H and O–H groups in total. The van der Waals surface area contributed by atoms with E-state index in [0.29, 0.717) is 0 Å². The van der Waals surface area contributed by atoms with Crippen molar-refractivity contribution in [1.29, 1.82) is 5.41 Å². The fraction of sp³-hybridized carbons (Fsp3) is 0. The molecule has 4 heteroatoms. The van der Waals surface area contributed by atoms with Gasteiger partial charge in [-0.3, -0.25) is 4.63 Å². The molecule has 0 bridgehead atoms. The molecule has 0 saturated heterocycles. The average molecular weight is 135 g/mol. The predicted molar refractivity (Wildman–Crippen MR) is 35.4 cm³/mol. The number of nitrogens with zero attached hydrogens (tertiary/aromatic N) is 1. The Bertz CT molecular complexity index is 322. The van der Waals surface area contributed by atoms with Crippen LogP contribution in [0, 0.1) is 5.41 Å². The van der Waals surface area contributed by atoms with Crippen molar-refractivity contribution in [2.24, 2.45) is 0 Å². The first-order valence-electron chi connectivity index (χ1n) is 2.85. The van der Waals surface area contributed by atoms with Crippen LogP contribution in [0.3, 0.4) is 0 Å². The molecule has 4 nitrogen and oxygen atoms in total. The van der Waals surface area contributed by atoms with Crippen molar-refractivity contribution in [3.63, 3.8) is 0 Å². The van der Waals surface area contributed by atoms with Gasteiger partial charge in [-0.25, -0.2) is 0 Å². The smallest absolute Gasteiger partial charge is 0.141 e. The monoisotopic (exact) mass is 135 g/mol. The van der Waals surface area contributed by atoms with Gasteiger partial charge >= 0.3 is 0 Å². The van der Waals surface area contributed by atoms with Crippen LogP contribution in [0.15, 0.2) is 16.8 Å². The summed E-state index contributed by atoms with van der Waals surface area (Å²) in [7, 11) is 0. The summed E-state index contributed by atoms with van der Waals surface area (Å²) in [6.07, 6.45) is 1.25. The SMILES string of the molecule is N=Cc1ccc2[nH]onc1-2. The highest BCUT2D eigenvalue weighted by Gasteiger charge is 2.11. The van der Waals surface area contributed by atoms with Gasteiger partial charge in [0.05, 0.1) is 0 Å². The molecule has 1 aliphatic carbocycles. The van der Waals surface area contributed by atoms with Gasteiger partial charge in [-0.15, -0.1) is 0 Å². The maximum Gasteiger partial charge on any atom is 0.141 e. The van der Waals surface area contributed by atoms with Gasteiger partial charge < -0.3 is 5.41 Å². The maximum absolute atomic E-state index is 6.96. The van der Waals surface area contributed by atoms with E-state index >= 15 is 0 Å². The maximum atomic E-state index is 6.96. The summed E-state index contributed by atoms with van der Waals surface area (Å²) in [5.41, 5.74) is 2.33. The number of fused-ring (bicyclic) bond motifs is 1. The van der Waals surface area contributed by atoms with Crippen molar-refractivity contribution < 1.29 is 4.63 Å². The number of hydrogen-bond donors (Lipinski definition) is 2. The lowest BCUT2D eigenvalue weighted by Gasteiger charge is -1.80. The molecule has 0 aromatic rings. The van der Waals surface area contributed by atoms with E-state index in [2.05, 4.69) is 14.9 Å². The Hall–Kier alpha value is -1.58. The first-order valence-corrected chi connectivity index (χ1v) is 2.85. The Labute approximate surface area is 56.6 Å². The van der Waals surface area contributed by atoms with E-state index in [1.54, 1.807) is 0 Å². The molecule has 0 aromatic carbocycles. The molecule has 10 heavy (non-hydrogen) atoms. The zero-order valence-corrected chi connectivity index (χ0v) is 5.09. The normalized spacial score (nSPS) is 10.4. The number of H-pyrrole nitrogens is 1. The van der Waals surface area contributed by atoms with Crippen molar-refractivity contribution in [3.05, 3.63) is 17.7 Å². The third-order valence-electron chi connectivity index (χ3n) is 1.41. The fourth-order valence-corrected chi connectivity index (χ4v) is 0.905. The Kier molecular flexibility index (Phi) is 0.887. The van der Waals surface area contributed by atoms with Crippen LogP contribution in [0.4, 0.5) is 0 Å². The second kappa shape index (κ2) is 1.70. The molecule has 0 unspecified atom stereocenters. The third kappa shape index (κ3) is 0.500. The molecule has 0 fully saturated rings. The summed E-state index contributed by atoms with van der Waals surface area (Å²) >= 11 is 0. The lowest BCUT2D eigenvalue weighted by molar-refractivity contribution is 0.312. The molecule has 0 amide bonds. The highest BCUT2D eigenvalue weighted by molar-refractivity contribution is 5.87. The summed E-state index contributed by atoms with van der Waals surface area (Å²) in [4.78, 5) is 0. The van der Waals surface area contributed by atoms with Gasteiger partial charge in [0.1, 0.15) is 11.4 Å². The predicted octanol–water partition coefficient (Wildman–Crippen LogP) is 1.11. The minimum Gasteiger partial charge on any atom is -0.308 e. The van der Waals surface area contributed by atoms with E-state index in [0.717, 1.165) is 17.0 Å². The number of aromatic amines is 1. The second-order valence-electron chi connectivity index (χ2n) is 1.98. The van der Waals surface area contributed by atoms with E-state index in [9.17, 15) is 0 Å². The van der Waals surface area contributed by atoms with Gasteiger partial charge in [-0.2, -0.15) is 5.16 Å². The molecule has 2 rings (SSSR count). The summed E-state index contributed by atoms with van der Waals surface area (Å²) in [6.45, 7) is 0. The van der Waals surface area contributed by atoms with Crippen molar-refractivity contribution in [2.45, 2.75) is 0 Å². The molecule has 0 saturated carbocycles. The topological polar surface area (TPSA) is 65.7 Å². The first-order chi connectivity index (χ1) is 4.92. The van der Waals surface area contributed by atoms with Gasteiger partial charge in [0.15, 0.2) is 0 Å². The van der Waals surface area contributed by atoms with Crippen molar-refractivity contribution >= 4 is 6.21 Å². The van der Waals surface area contributed by atoms with Crippen LogP contribution in [0.2, 0.25) is 0 Å². The molecule has 0 spiro atoms. The van der Waals surface area contributed by atoms with Gasteiger partial charge in [0.25, 0.3) is 0 Å². The number of rotatable bonds is 1. The van der Waals surface area contributed by atoms with Crippen LogP contribution >= 0.6 is 0 Å². The first kappa shape index (κ1) is 5.22. The lowest BCUT2D eigenvalue weighted by Crippen LogP contribution is -1.77. The number of aromatic nitrogens is 2. The lowest BCUT2D eigenvalue weighted by atomic mass is 10.3. The summed E-state index contributed by atoms with van der Waals surface area (Å²) < 4.78 is 4.57. The van der Waals surface area contributed by atoms with Crippen LogP contribution in [0.5, 0.6) is 0 Å². The third-order valence-corrected chi connectivity index (χ3v) is 1.41. The van der Waals surface area contributed by atoms with E-state index < -0.39 is 0 Å². The zero-order valence-electron chi connectivity index (χ0n) is 5.09. The van der Waals surface area contributed by atoms with Crippen LogP contribution < -0.4 is 0 Å². The Morgan fingerprint density at radius 2 is 2.50 bits per heavy atom. The highest BCUT2D eigenvalue weighted by Crippen LogP contribution is 2.21. The van der Waals surface area contributed by atoms with Crippen LogP contribution in [0.1, 0.15) is 5.56 Å². The second-order valence-corrected chi connectivity index (χ2v) is 1.98. The van der Waals surface area contributed by atoms with Crippen LogP contribution in [-0.2, 0) is 0 Å². The Morgan fingerprint density at radius 1 is 1.60 bits per heavy atom. The molecule has 0 radical (unpaired) electrons. The summed E-state index contributed by atoms with van der Waals surface area (Å²) in [5.74, 6) is 0. The number of nitrogens with one attached hydrogen (secondary N) is 2. The largest absolute Gasteiger partial charge is 0.308 e. The number of hydrogen-bond acceptors (Lipinski definition) is 3. The van der Waals surface area contributed by atoms with E-state index in [1.165, 1.54) is 6.21 Å². The zero-order chi connectivity index (χ0) is 6.97. The molecule has 2 aliphatic rings. The van der Waals surface area contributed by atoms with Gasteiger partial charge in [0.2, 0.25) is 0 Å². The van der Waals surface area contributed by atoms with Crippen molar-refractivity contribution in [1.82, 2.24) is 10.3 Å². The van der Waals surface area contributed by atoms with Gasteiger partial charge in [-0.1, -0.05) is 5.16 Å². The minimum absolute atomic E-state index is 0.718. The summed E-state index contributed by atoms with van der Waals surface area (Å²) in [5, 5.41) is 13.2. The molecule has 1 aliphatic heterocycles. The minimum atomic E-state index is 0.718. The standard InChI is InChI=1S/C6H5N3O/c7-3-4-1-2-5-6(4)9-10-8-5/h1-3,7-8H. The molecular weight excluding hydrogens is 130 g/mol. The van der Waals surface area contributed by atoms with Crippen LogP contribution in [0.25, 0.3) is 11.4 Å². The molecule has 0 atom stereocenters. The molecule has 1 heterocycles. The summed E-state index contributed by atoms with van der Waals surface area (Å²) in [6, 6.07) is 3.64. The Balaban J connectivity index is 2.71. The Morgan fingerprint density at radius 3 is 3.30 bits per heavy atom. The fourth-order valence-electron chi connectivity index (χ4n) is 0.905. The molecule has 50 valence electrons. The van der Waals surface area contributed by atoms with E-state index in [-0.39, 0.29) is 0 Å². The molecule has 0 aromatic heterocycles. The van der Waals surface area contributed by atoms with Crippen LogP contribution in [-0.4, -0.2) is 16.5 Å². The van der Waals surface area contributed by atoms with Crippen molar-refractivity contribution in [3.8, 4) is 11.4 Å². The quantitative estimate of drug-likeness (QED) is 0.575. The molecular formula is C6H5N3O. The van der Waals surface area contributed by atoms with Gasteiger partial charge in [-0.05, 0) is 12.1 Å². The van der Waals surface area contributed by atoms with Gasteiger partial charge in [0, 0.05) is 11.8 Å². The average Bonchev–Trinajstić information content (AvgIpc) is 2.44. The van der Waals surface area contributed by atoms with E-state index in [4.69, 9.17) is 5.41 Å².